The lowest BCUT2D eigenvalue weighted by atomic mass is 9.99. The van der Waals surface area contributed by atoms with E-state index in [-0.39, 0.29) is 11.1 Å². The molecule has 0 radical (unpaired) electrons. The van der Waals surface area contributed by atoms with Crippen LogP contribution in [0.25, 0.3) is 33.6 Å². The third-order valence-corrected chi connectivity index (χ3v) is 5.33. The van der Waals surface area contributed by atoms with Gasteiger partial charge in [0.05, 0.1) is 36.7 Å². The number of carbonyl (C=O) groups is 2. The van der Waals surface area contributed by atoms with Crippen molar-refractivity contribution in [1.82, 2.24) is 9.97 Å². The van der Waals surface area contributed by atoms with E-state index in [1.807, 2.05) is 0 Å². The summed E-state index contributed by atoms with van der Waals surface area (Å²) in [4.78, 5) is 32.2. The monoisotopic (exact) mass is 456 g/mol. The molecular weight excluding hydrogens is 436 g/mol. The highest BCUT2D eigenvalue weighted by molar-refractivity contribution is 5.97. The minimum Gasteiger partial charge on any atom is -0.497 e. The fourth-order valence-electron chi connectivity index (χ4n) is 3.57. The van der Waals surface area contributed by atoms with Crippen molar-refractivity contribution in [2.45, 2.75) is 0 Å². The highest BCUT2D eigenvalue weighted by Gasteiger charge is 2.15. The first-order chi connectivity index (χ1) is 16.4. The maximum absolute atomic E-state index is 11.7. The smallest absolute Gasteiger partial charge is 0.336 e. The van der Waals surface area contributed by atoms with Gasteiger partial charge in [-0.1, -0.05) is 12.1 Å². The molecule has 0 saturated heterocycles. The van der Waals surface area contributed by atoms with Gasteiger partial charge >= 0.3 is 11.9 Å². The van der Waals surface area contributed by atoms with Gasteiger partial charge in [-0.25, -0.2) is 9.59 Å². The van der Waals surface area contributed by atoms with E-state index >= 15 is 0 Å². The summed E-state index contributed by atoms with van der Waals surface area (Å²) in [5, 5.41) is 19.1. The van der Waals surface area contributed by atoms with Gasteiger partial charge in [0.1, 0.15) is 11.5 Å². The number of benzene rings is 2. The summed E-state index contributed by atoms with van der Waals surface area (Å²) < 4.78 is 10.2. The first kappa shape index (κ1) is 22.5. The fourth-order valence-corrected chi connectivity index (χ4v) is 3.57. The Bertz CT molecular complexity index is 1260. The Morgan fingerprint density at radius 3 is 1.35 bits per heavy atom. The standard InChI is InChI=1S/C26H20N2O6/c1-33-17-5-7-19(21(11-17)25(29)30)15-3-9-23(27-13-15)24-10-4-16(14-28-24)20-8-6-18(34-2)12-22(20)26(31)32/h3-14H,1-2H3,(H,29,30)(H,31,32). The van der Waals surface area contributed by atoms with Gasteiger partial charge in [-0.05, 0) is 59.7 Å². The molecule has 0 bridgehead atoms. The van der Waals surface area contributed by atoms with Gasteiger partial charge in [0.25, 0.3) is 0 Å². The van der Waals surface area contributed by atoms with Crippen LogP contribution in [-0.2, 0) is 0 Å². The van der Waals surface area contributed by atoms with Gasteiger partial charge in [-0.2, -0.15) is 0 Å². The van der Waals surface area contributed by atoms with E-state index in [1.165, 1.54) is 26.4 Å². The first-order valence-electron chi connectivity index (χ1n) is 10.2. The number of methoxy groups -OCH3 is 2. The zero-order valence-electron chi connectivity index (χ0n) is 18.4. The molecule has 34 heavy (non-hydrogen) atoms. The predicted octanol–water partition coefficient (Wildman–Crippen LogP) is 4.89. The number of carboxylic acids is 2. The first-order valence-corrected chi connectivity index (χ1v) is 10.2. The molecular formula is C26H20N2O6. The lowest BCUT2D eigenvalue weighted by Gasteiger charge is -2.10. The lowest BCUT2D eigenvalue weighted by molar-refractivity contribution is 0.0686. The molecule has 2 aromatic heterocycles. The number of rotatable bonds is 7. The number of hydrogen-bond donors (Lipinski definition) is 2. The minimum atomic E-state index is -1.06. The van der Waals surface area contributed by atoms with E-state index in [0.717, 1.165) is 0 Å². The summed E-state index contributed by atoms with van der Waals surface area (Å²) in [7, 11) is 2.96. The fraction of sp³-hybridized carbons (Fsp3) is 0.0769. The van der Waals surface area contributed by atoms with Gasteiger partial charge in [0.2, 0.25) is 0 Å². The Labute approximate surface area is 195 Å². The Balaban J connectivity index is 1.63. The number of aromatic nitrogens is 2. The second-order valence-corrected chi connectivity index (χ2v) is 7.30. The van der Waals surface area contributed by atoms with Crippen molar-refractivity contribution in [2.75, 3.05) is 14.2 Å². The molecule has 4 aromatic rings. The van der Waals surface area contributed by atoms with Crippen LogP contribution < -0.4 is 9.47 Å². The normalized spacial score (nSPS) is 10.5. The minimum absolute atomic E-state index is 0.116. The summed E-state index contributed by atoms with van der Waals surface area (Å²) in [5.74, 6) is -1.21. The molecule has 0 atom stereocenters. The van der Waals surface area contributed by atoms with Crippen molar-refractivity contribution in [3.8, 4) is 45.1 Å². The van der Waals surface area contributed by atoms with Crippen LogP contribution in [0.2, 0.25) is 0 Å². The van der Waals surface area contributed by atoms with E-state index in [2.05, 4.69) is 9.97 Å². The Morgan fingerprint density at radius 1 is 0.647 bits per heavy atom. The molecule has 0 unspecified atom stereocenters. The number of pyridine rings is 2. The Hall–Kier alpha value is -4.72. The number of nitrogens with zero attached hydrogens (tertiary/aromatic N) is 2. The second-order valence-electron chi connectivity index (χ2n) is 7.30. The van der Waals surface area contributed by atoms with Crippen LogP contribution in [0.5, 0.6) is 11.5 Å². The maximum atomic E-state index is 11.7. The number of aromatic carboxylic acids is 2. The molecule has 0 spiro atoms. The highest BCUT2D eigenvalue weighted by atomic mass is 16.5. The molecule has 0 aliphatic carbocycles. The van der Waals surface area contributed by atoms with Gasteiger partial charge in [0, 0.05) is 23.5 Å². The average molecular weight is 456 g/mol. The number of hydrogen-bond acceptors (Lipinski definition) is 6. The molecule has 0 aliphatic rings. The Morgan fingerprint density at radius 2 is 1.06 bits per heavy atom. The second kappa shape index (κ2) is 9.41. The third kappa shape index (κ3) is 4.42. The van der Waals surface area contributed by atoms with E-state index in [4.69, 9.17) is 9.47 Å². The molecule has 4 rings (SSSR count). The lowest BCUT2D eigenvalue weighted by Crippen LogP contribution is -2.01. The molecule has 2 heterocycles. The Kier molecular flexibility index (Phi) is 6.22. The molecule has 170 valence electrons. The zero-order valence-corrected chi connectivity index (χ0v) is 18.4. The molecule has 0 fully saturated rings. The topological polar surface area (TPSA) is 119 Å². The van der Waals surface area contributed by atoms with Gasteiger partial charge in [-0.15, -0.1) is 0 Å². The van der Waals surface area contributed by atoms with Crippen molar-refractivity contribution in [3.05, 3.63) is 84.2 Å². The third-order valence-electron chi connectivity index (χ3n) is 5.33. The van der Waals surface area contributed by atoms with Crippen LogP contribution in [0.15, 0.2) is 73.1 Å². The van der Waals surface area contributed by atoms with Gasteiger partial charge < -0.3 is 19.7 Å². The van der Waals surface area contributed by atoms with Gasteiger partial charge in [0.15, 0.2) is 0 Å². The van der Waals surface area contributed by atoms with Crippen molar-refractivity contribution in [1.29, 1.82) is 0 Å². The summed E-state index contributed by atoms with van der Waals surface area (Å²) >= 11 is 0. The quantitative estimate of drug-likeness (QED) is 0.403. The van der Waals surface area contributed by atoms with Crippen molar-refractivity contribution in [3.63, 3.8) is 0 Å². The van der Waals surface area contributed by atoms with Crippen LogP contribution in [0.3, 0.4) is 0 Å². The van der Waals surface area contributed by atoms with Crippen molar-refractivity contribution in [2.24, 2.45) is 0 Å². The van der Waals surface area contributed by atoms with Crippen LogP contribution in [0.4, 0.5) is 0 Å². The molecule has 2 aromatic carbocycles. The van der Waals surface area contributed by atoms with E-state index in [1.54, 1.807) is 60.9 Å². The average Bonchev–Trinajstić information content (AvgIpc) is 2.88. The molecule has 0 aliphatic heterocycles. The van der Waals surface area contributed by atoms with Gasteiger partial charge in [-0.3, -0.25) is 9.97 Å². The molecule has 0 saturated carbocycles. The summed E-state index contributed by atoms with van der Waals surface area (Å²) in [6.45, 7) is 0. The molecule has 0 amide bonds. The van der Waals surface area contributed by atoms with E-state index in [0.29, 0.717) is 45.1 Å². The summed E-state index contributed by atoms with van der Waals surface area (Å²) in [6.07, 6.45) is 3.18. The van der Waals surface area contributed by atoms with E-state index < -0.39 is 11.9 Å². The maximum Gasteiger partial charge on any atom is 0.336 e. The van der Waals surface area contributed by atoms with Crippen molar-refractivity contribution < 1.29 is 29.3 Å². The summed E-state index contributed by atoms with van der Waals surface area (Å²) in [6, 6.07) is 16.7. The molecule has 2 N–H and O–H groups in total. The zero-order chi connectivity index (χ0) is 24.2. The van der Waals surface area contributed by atoms with Crippen LogP contribution in [0.1, 0.15) is 20.7 Å². The predicted molar refractivity (Wildman–Crippen MR) is 125 cm³/mol. The highest BCUT2D eigenvalue weighted by Crippen LogP contribution is 2.30. The van der Waals surface area contributed by atoms with Crippen LogP contribution in [0, 0.1) is 0 Å². The molecule has 8 nitrogen and oxygen atoms in total. The largest absolute Gasteiger partial charge is 0.497 e. The number of carboxylic acid groups (broad SMARTS) is 2. The van der Waals surface area contributed by atoms with Crippen LogP contribution in [-0.4, -0.2) is 46.3 Å². The summed E-state index contributed by atoms with van der Waals surface area (Å²) in [5.41, 5.74) is 3.75. The SMILES string of the molecule is COc1ccc(-c2ccc(-c3ccc(-c4ccc(OC)cc4C(=O)O)cn3)nc2)c(C(=O)O)c1. The van der Waals surface area contributed by atoms with Crippen LogP contribution >= 0.6 is 0 Å². The number of ether oxygens (including phenoxy) is 2. The van der Waals surface area contributed by atoms with Crippen molar-refractivity contribution >= 4 is 11.9 Å². The molecule has 8 heteroatoms. The van der Waals surface area contributed by atoms with E-state index in [9.17, 15) is 19.8 Å².